The normalized spacial score (nSPS) is 24.2. The van der Waals surface area contributed by atoms with Crippen LogP contribution in [0.25, 0.3) is 0 Å². The Morgan fingerprint density at radius 1 is 1.17 bits per heavy atom. The molecule has 6 heteroatoms. The molecule has 1 aromatic heterocycles. The van der Waals surface area contributed by atoms with Crippen LogP contribution >= 0.6 is 0 Å². The summed E-state index contributed by atoms with van der Waals surface area (Å²) in [6, 6.07) is 8.98. The molecule has 1 saturated carbocycles. The highest BCUT2D eigenvalue weighted by Crippen LogP contribution is 2.38. The third-order valence-electron chi connectivity index (χ3n) is 6.18. The number of anilines is 1. The minimum atomic E-state index is -0.707. The van der Waals surface area contributed by atoms with Crippen molar-refractivity contribution in [2.75, 3.05) is 12.0 Å². The lowest BCUT2D eigenvalue weighted by atomic mass is 9.87. The quantitative estimate of drug-likeness (QED) is 0.861. The molecule has 1 aliphatic heterocycles. The van der Waals surface area contributed by atoms with Crippen molar-refractivity contribution < 1.29 is 14.3 Å². The molecule has 0 saturated heterocycles. The molecule has 4 rings (SSSR count). The molecule has 0 spiro atoms. The van der Waals surface area contributed by atoms with Gasteiger partial charge in [-0.05, 0) is 68.4 Å². The number of nitrogens with zero attached hydrogens (tertiary/aromatic N) is 2. The van der Waals surface area contributed by atoms with Crippen LogP contribution in [0.15, 0.2) is 36.5 Å². The number of fused-ring (bicyclic) bond motifs is 1. The maximum absolute atomic E-state index is 13.5. The number of aryl methyl sites for hydroxylation is 1. The number of hydrogen-bond acceptors (Lipinski definition) is 3. The molecule has 1 atom stereocenters. The molecule has 1 aliphatic carbocycles. The van der Waals surface area contributed by atoms with E-state index in [0.717, 1.165) is 36.9 Å². The van der Waals surface area contributed by atoms with Crippen molar-refractivity contribution >= 4 is 17.5 Å². The fourth-order valence-corrected chi connectivity index (χ4v) is 4.52. The average Bonchev–Trinajstić information content (AvgIpc) is 3.16. The fourth-order valence-electron chi connectivity index (χ4n) is 4.52. The fraction of sp³-hybridized carbons (Fsp3) is 0.478. The summed E-state index contributed by atoms with van der Waals surface area (Å²) in [4.78, 5) is 28.2. The second-order valence-electron chi connectivity index (χ2n) is 8.37. The number of ether oxygens (including phenoxy) is 1. The Bertz CT molecular complexity index is 912. The molecule has 1 unspecified atom stereocenters. The number of amides is 2. The van der Waals surface area contributed by atoms with Gasteiger partial charge in [-0.3, -0.25) is 14.5 Å². The second kappa shape index (κ2) is 7.93. The van der Waals surface area contributed by atoms with Crippen molar-refractivity contribution in [2.45, 2.75) is 58.2 Å². The van der Waals surface area contributed by atoms with Gasteiger partial charge in [0.25, 0.3) is 0 Å². The van der Waals surface area contributed by atoms with Gasteiger partial charge in [0.05, 0.1) is 18.5 Å². The minimum absolute atomic E-state index is 0.116. The van der Waals surface area contributed by atoms with Gasteiger partial charge in [0.1, 0.15) is 12.3 Å². The summed E-state index contributed by atoms with van der Waals surface area (Å²) in [5.74, 6) is 1.06. The number of rotatable bonds is 4. The van der Waals surface area contributed by atoms with E-state index in [1.165, 1.54) is 0 Å². The van der Waals surface area contributed by atoms with Crippen molar-refractivity contribution in [3.63, 3.8) is 0 Å². The van der Waals surface area contributed by atoms with Crippen LogP contribution in [-0.2, 0) is 16.1 Å². The summed E-state index contributed by atoms with van der Waals surface area (Å²) >= 11 is 0. The van der Waals surface area contributed by atoms with Crippen LogP contribution < -0.4 is 15.0 Å². The topological polar surface area (TPSA) is 63.6 Å². The monoisotopic (exact) mass is 395 g/mol. The first-order valence-corrected chi connectivity index (χ1v) is 10.4. The summed E-state index contributed by atoms with van der Waals surface area (Å²) in [7, 11) is 1.59. The smallest absolute Gasteiger partial charge is 0.249 e. The third kappa shape index (κ3) is 3.76. The number of carbonyl (C=O) groups is 2. The molecule has 2 amide bonds. The maximum Gasteiger partial charge on any atom is 0.249 e. The first kappa shape index (κ1) is 19.6. The van der Waals surface area contributed by atoms with Gasteiger partial charge in [-0.1, -0.05) is 13.0 Å². The molecule has 6 nitrogen and oxygen atoms in total. The zero-order valence-electron chi connectivity index (χ0n) is 17.4. The van der Waals surface area contributed by atoms with Crippen LogP contribution in [-0.4, -0.2) is 29.5 Å². The first-order chi connectivity index (χ1) is 14.0. The largest absolute Gasteiger partial charge is 0.495 e. The highest BCUT2D eigenvalue weighted by atomic mass is 16.5. The number of hydrogen-bond donors (Lipinski definition) is 1. The lowest BCUT2D eigenvalue weighted by Gasteiger charge is -2.38. The molecule has 1 N–H and O–H groups in total. The van der Waals surface area contributed by atoms with Crippen LogP contribution in [0.3, 0.4) is 0 Å². The van der Waals surface area contributed by atoms with E-state index >= 15 is 0 Å². The van der Waals surface area contributed by atoms with Crippen molar-refractivity contribution in [1.29, 1.82) is 0 Å². The summed E-state index contributed by atoms with van der Waals surface area (Å²) in [6.07, 6.45) is 6.09. The van der Waals surface area contributed by atoms with Crippen LogP contribution in [0.4, 0.5) is 5.69 Å². The molecule has 0 bridgehead atoms. The predicted molar refractivity (Wildman–Crippen MR) is 112 cm³/mol. The van der Waals surface area contributed by atoms with E-state index in [9.17, 15) is 9.59 Å². The van der Waals surface area contributed by atoms with Gasteiger partial charge in [-0.25, -0.2) is 0 Å². The molecule has 1 aromatic carbocycles. The van der Waals surface area contributed by atoms with Crippen molar-refractivity contribution in [2.24, 2.45) is 5.92 Å². The Morgan fingerprint density at radius 3 is 2.66 bits per heavy atom. The number of nitrogens with one attached hydrogen (secondary N) is 1. The van der Waals surface area contributed by atoms with Gasteiger partial charge in [-0.2, -0.15) is 0 Å². The second-order valence-corrected chi connectivity index (χ2v) is 8.37. The standard InChI is InChI=1S/C23H29N3O3/c1-15-6-9-17(10-7-15)24-23(28)22-18-5-4-12-25(18)14-21(27)26(22)19-13-16(2)8-11-20(19)29-3/h4-5,8,11-13,15,17,22H,6-7,9-10,14H2,1-3H3,(H,24,28). The highest BCUT2D eigenvalue weighted by molar-refractivity contribution is 6.03. The molecular formula is C23H29N3O3. The SMILES string of the molecule is COc1ccc(C)cc1N1C(=O)Cn2cccc2C1C(=O)NC1CCC(C)CC1. The summed E-state index contributed by atoms with van der Waals surface area (Å²) in [5, 5.41) is 3.23. The van der Waals surface area contributed by atoms with Gasteiger partial charge in [0.2, 0.25) is 11.8 Å². The number of methoxy groups -OCH3 is 1. The van der Waals surface area contributed by atoms with E-state index < -0.39 is 6.04 Å². The summed E-state index contributed by atoms with van der Waals surface area (Å²) in [6.45, 7) is 4.44. The Kier molecular flexibility index (Phi) is 5.35. The molecule has 154 valence electrons. The van der Waals surface area contributed by atoms with E-state index in [4.69, 9.17) is 4.74 Å². The lowest BCUT2D eigenvalue weighted by Crippen LogP contribution is -2.51. The molecule has 2 heterocycles. The van der Waals surface area contributed by atoms with Gasteiger partial charge in [0, 0.05) is 12.2 Å². The lowest BCUT2D eigenvalue weighted by molar-refractivity contribution is -0.128. The minimum Gasteiger partial charge on any atom is -0.495 e. The van der Waals surface area contributed by atoms with E-state index in [1.807, 2.05) is 48.0 Å². The summed E-state index contributed by atoms with van der Waals surface area (Å²) in [5.41, 5.74) is 2.48. The molecule has 29 heavy (non-hydrogen) atoms. The van der Waals surface area contributed by atoms with E-state index in [2.05, 4.69) is 12.2 Å². The van der Waals surface area contributed by atoms with Crippen molar-refractivity contribution in [3.8, 4) is 5.75 Å². The van der Waals surface area contributed by atoms with Crippen molar-refractivity contribution in [1.82, 2.24) is 9.88 Å². The maximum atomic E-state index is 13.5. The van der Waals surface area contributed by atoms with Gasteiger partial charge in [0.15, 0.2) is 6.04 Å². The number of benzene rings is 1. The van der Waals surface area contributed by atoms with Crippen LogP contribution in [0.2, 0.25) is 0 Å². The zero-order valence-corrected chi connectivity index (χ0v) is 17.4. The van der Waals surface area contributed by atoms with Crippen LogP contribution in [0.1, 0.15) is 49.9 Å². The first-order valence-electron chi connectivity index (χ1n) is 10.4. The van der Waals surface area contributed by atoms with Crippen molar-refractivity contribution in [3.05, 3.63) is 47.8 Å². The Labute approximate surface area is 171 Å². The molecular weight excluding hydrogens is 366 g/mol. The van der Waals surface area contributed by atoms with E-state index in [-0.39, 0.29) is 24.4 Å². The third-order valence-corrected chi connectivity index (χ3v) is 6.18. The van der Waals surface area contributed by atoms with Crippen LogP contribution in [0.5, 0.6) is 5.75 Å². The Morgan fingerprint density at radius 2 is 1.93 bits per heavy atom. The van der Waals surface area contributed by atoms with E-state index in [0.29, 0.717) is 17.4 Å². The molecule has 2 aromatic rings. The van der Waals surface area contributed by atoms with Gasteiger partial charge in [-0.15, -0.1) is 0 Å². The Hall–Kier alpha value is -2.76. The zero-order chi connectivity index (χ0) is 20.5. The molecule has 1 fully saturated rings. The molecule has 0 radical (unpaired) electrons. The van der Waals surface area contributed by atoms with Crippen LogP contribution in [0, 0.1) is 12.8 Å². The highest BCUT2D eigenvalue weighted by Gasteiger charge is 2.40. The molecule has 2 aliphatic rings. The van der Waals surface area contributed by atoms with Gasteiger partial charge < -0.3 is 14.6 Å². The number of aromatic nitrogens is 1. The van der Waals surface area contributed by atoms with E-state index in [1.54, 1.807) is 12.0 Å². The van der Waals surface area contributed by atoms with Gasteiger partial charge >= 0.3 is 0 Å². The Balaban J connectivity index is 1.70. The predicted octanol–water partition coefficient (Wildman–Crippen LogP) is 3.59. The average molecular weight is 396 g/mol. The number of carbonyl (C=O) groups excluding carboxylic acids is 2. The summed E-state index contributed by atoms with van der Waals surface area (Å²) < 4.78 is 7.40.